The van der Waals surface area contributed by atoms with Crippen LogP contribution in [0.3, 0.4) is 0 Å². The molecule has 0 aromatic heterocycles. The van der Waals surface area contributed by atoms with Gasteiger partial charge in [-0.1, -0.05) is 38.3 Å². The van der Waals surface area contributed by atoms with Crippen molar-refractivity contribution in [2.24, 2.45) is 34.5 Å². The summed E-state index contributed by atoms with van der Waals surface area (Å²) in [6.45, 7) is 6.28. The van der Waals surface area contributed by atoms with Crippen molar-refractivity contribution in [3.63, 3.8) is 0 Å². The summed E-state index contributed by atoms with van der Waals surface area (Å²) < 4.78 is 6.50. The lowest BCUT2D eigenvalue weighted by molar-refractivity contribution is -0.145. The van der Waals surface area contributed by atoms with E-state index in [0.29, 0.717) is 41.6 Å². The van der Waals surface area contributed by atoms with E-state index >= 15 is 0 Å². The van der Waals surface area contributed by atoms with Gasteiger partial charge >= 0.3 is 0 Å². The number of rotatable bonds is 7. The summed E-state index contributed by atoms with van der Waals surface area (Å²) in [5.41, 5.74) is 2.86. The second-order valence-corrected chi connectivity index (χ2v) is 14.2. The zero-order chi connectivity index (χ0) is 26.3. The number of Topliss-reactive ketones (excluding diaryl/α,β-unsaturated/α-hetero) is 1. The lowest BCUT2D eigenvalue weighted by Crippen LogP contribution is -2.55. The molecule has 7 atom stereocenters. The Morgan fingerprint density at radius 3 is 2.68 bits per heavy atom. The van der Waals surface area contributed by atoms with Crippen molar-refractivity contribution in [3.05, 3.63) is 29.3 Å². The zero-order valence-corrected chi connectivity index (χ0v) is 24.0. The Morgan fingerprint density at radius 1 is 1.00 bits per heavy atom. The molecule has 0 heterocycles. The topological polar surface area (TPSA) is 58.6 Å². The van der Waals surface area contributed by atoms with E-state index in [0.717, 1.165) is 56.7 Å². The van der Waals surface area contributed by atoms with Crippen molar-refractivity contribution in [1.29, 1.82) is 0 Å². The first-order valence-corrected chi connectivity index (χ1v) is 16.0. The number of ketones is 1. The van der Waals surface area contributed by atoms with E-state index < -0.39 is 0 Å². The molecule has 5 aliphatic carbocycles. The van der Waals surface area contributed by atoms with Crippen LogP contribution >= 0.6 is 0 Å². The minimum atomic E-state index is -0.192. The highest BCUT2D eigenvalue weighted by atomic mass is 16.5. The SMILES string of the molecule is Cc1ccc(CNC2CCCCC2)cc1OCC[C@]12CCC3C(CCC4CC(=O)CC[C@@]43C)C1CC[C@@H]2O. The lowest BCUT2D eigenvalue weighted by Gasteiger charge is -2.60. The molecule has 210 valence electrons. The Morgan fingerprint density at radius 2 is 1.84 bits per heavy atom. The van der Waals surface area contributed by atoms with Gasteiger partial charge in [0.05, 0.1) is 12.7 Å². The van der Waals surface area contributed by atoms with Crippen LogP contribution in [0.15, 0.2) is 18.2 Å². The number of carbonyl (C=O) groups excluding carboxylic acids is 1. The maximum absolute atomic E-state index is 12.2. The summed E-state index contributed by atoms with van der Waals surface area (Å²) in [4.78, 5) is 12.2. The number of nitrogens with one attached hydrogen (secondary N) is 1. The zero-order valence-electron chi connectivity index (χ0n) is 24.0. The van der Waals surface area contributed by atoms with E-state index in [1.165, 1.54) is 68.9 Å². The molecular weight excluding hydrogens is 470 g/mol. The molecule has 5 fully saturated rings. The lowest BCUT2D eigenvalue weighted by atomic mass is 9.44. The van der Waals surface area contributed by atoms with Gasteiger partial charge in [0.15, 0.2) is 0 Å². The van der Waals surface area contributed by atoms with Gasteiger partial charge in [0.1, 0.15) is 11.5 Å². The first-order chi connectivity index (χ1) is 18.4. The molecule has 5 aliphatic rings. The highest BCUT2D eigenvalue weighted by molar-refractivity contribution is 5.79. The highest BCUT2D eigenvalue weighted by Gasteiger charge is 2.61. The normalized spacial score (nSPS) is 39.3. The van der Waals surface area contributed by atoms with Crippen LogP contribution < -0.4 is 10.1 Å². The van der Waals surface area contributed by atoms with Crippen molar-refractivity contribution >= 4 is 5.78 Å². The minimum Gasteiger partial charge on any atom is -0.493 e. The van der Waals surface area contributed by atoms with Crippen molar-refractivity contribution in [3.8, 4) is 5.75 Å². The Kier molecular flexibility index (Phi) is 7.68. The van der Waals surface area contributed by atoms with Crippen molar-refractivity contribution in [2.45, 2.75) is 129 Å². The third-order valence-electron chi connectivity index (χ3n) is 12.4. The van der Waals surface area contributed by atoms with Gasteiger partial charge in [-0.25, -0.2) is 0 Å². The molecule has 5 saturated carbocycles. The van der Waals surface area contributed by atoms with Gasteiger partial charge in [-0.15, -0.1) is 0 Å². The molecule has 0 radical (unpaired) electrons. The molecule has 4 heteroatoms. The molecule has 1 aromatic carbocycles. The van der Waals surface area contributed by atoms with E-state index in [9.17, 15) is 9.90 Å². The number of aliphatic hydroxyl groups is 1. The van der Waals surface area contributed by atoms with E-state index in [1.807, 2.05) is 0 Å². The summed E-state index contributed by atoms with van der Waals surface area (Å²) in [6.07, 6.45) is 17.1. The second-order valence-electron chi connectivity index (χ2n) is 14.2. The van der Waals surface area contributed by atoms with Crippen LogP contribution in [-0.2, 0) is 11.3 Å². The molecule has 4 unspecified atom stereocenters. The summed E-state index contributed by atoms with van der Waals surface area (Å²) in [5, 5.41) is 15.1. The van der Waals surface area contributed by atoms with E-state index in [1.54, 1.807) is 0 Å². The number of aliphatic hydroxyl groups excluding tert-OH is 1. The predicted octanol–water partition coefficient (Wildman–Crippen LogP) is 7.14. The molecule has 4 nitrogen and oxygen atoms in total. The van der Waals surface area contributed by atoms with E-state index in [2.05, 4.69) is 37.4 Å². The molecule has 0 amide bonds. The number of fused-ring (bicyclic) bond motifs is 5. The predicted molar refractivity (Wildman–Crippen MR) is 152 cm³/mol. The first kappa shape index (κ1) is 26.8. The smallest absolute Gasteiger partial charge is 0.133 e. The Labute approximate surface area is 230 Å². The number of hydrogen-bond acceptors (Lipinski definition) is 4. The summed E-state index contributed by atoms with van der Waals surface area (Å²) >= 11 is 0. The number of ether oxygens (including phenoxy) is 1. The largest absolute Gasteiger partial charge is 0.493 e. The average molecular weight is 522 g/mol. The van der Waals surface area contributed by atoms with Gasteiger partial charge in [0, 0.05) is 30.8 Å². The van der Waals surface area contributed by atoms with Gasteiger partial charge in [-0.2, -0.15) is 0 Å². The Bertz CT molecular complexity index is 1000. The molecule has 0 spiro atoms. The third-order valence-corrected chi connectivity index (χ3v) is 12.4. The van der Waals surface area contributed by atoms with Gasteiger partial charge in [-0.3, -0.25) is 4.79 Å². The Balaban J connectivity index is 1.10. The molecule has 6 rings (SSSR count). The second kappa shape index (κ2) is 10.9. The van der Waals surface area contributed by atoms with Crippen LogP contribution in [0, 0.1) is 41.4 Å². The fourth-order valence-electron chi connectivity index (χ4n) is 10.1. The van der Waals surface area contributed by atoms with Gasteiger partial charge in [-0.05, 0) is 117 Å². The van der Waals surface area contributed by atoms with Gasteiger partial charge < -0.3 is 15.2 Å². The number of aryl methyl sites for hydroxylation is 1. The van der Waals surface area contributed by atoms with Crippen LogP contribution in [0.4, 0.5) is 0 Å². The van der Waals surface area contributed by atoms with E-state index in [-0.39, 0.29) is 11.5 Å². The fourth-order valence-corrected chi connectivity index (χ4v) is 10.1. The fraction of sp³-hybridized carbons (Fsp3) is 0.794. The quantitative estimate of drug-likeness (QED) is 0.400. The summed E-state index contributed by atoms with van der Waals surface area (Å²) in [5.74, 6) is 4.16. The van der Waals surface area contributed by atoms with Crippen LogP contribution in [0.25, 0.3) is 0 Å². The molecule has 0 aliphatic heterocycles. The van der Waals surface area contributed by atoms with Crippen molar-refractivity contribution in [1.82, 2.24) is 5.32 Å². The number of carbonyl (C=O) groups is 1. The van der Waals surface area contributed by atoms with E-state index in [4.69, 9.17) is 4.74 Å². The van der Waals surface area contributed by atoms with Gasteiger partial charge in [0.2, 0.25) is 0 Å². The molecule has 38 heavy (non-hydrogen) atoms. The molecule has 1 aromatic rings. The summed E-state index contributed by atoms with van der Waals surface area (Å²) in [7, 11) is 0. The maximum atomic E-state index is 12.2. The van der Waals surface area contributed by atoms with Crippen LogP contribution in [0.2, 0.25) is 0 Å². The molecule has 2 N–H and O–H groups in total. The van der Waals surface area contributed by atoms with Crippen LogP contribution in [0.1, 0.15) is 114 Å². The van der Waals surface area contributed by atoms with Gasteiger partial charge in [0.25, 0.3) is 0 Å². The first-order valence-electron chi connectivity index (χ1n) is 16.0. The maximum Gasteiger partial charge on any atom is 0.133 e. The van der Waals surface area contributed by atoms with Crippen molar-refractivity contribution in [2.75, 3.05) is 6.61 Å². The van der Waals surface area contributed by atoms with Crippen LogP contribution in [0.5, 0.6) is 5.75 Å². The average Bonchev–Trinajstić information content (AvgIpc) is 3.26. The monoisotopic (exact) mass is 521 g/mol. The molecule has 0 saturated heterocycles. The van der Waals surface area contributed by atoms with Crippen molar-refractivity contribution < 1.29 is 14.6 Å². The molecular formula is C34H51NO3. The number of benzene rings is 1. The standard InChI is InChI=1S/C34H51NO3/c1-23-8-9-24(22-35-26-6-4-3-5-7-26)20-31(23)38-19-18-34-17-15-29-28(30(34)12-13-32(34)37)11-10-25-21-27(36)14-16-33(25,29)2/h8-9,20,25-26,28-30,32,35,37H,3-7,10-19,21-22H2,1-2H3/t25?,28?,29?,30?,32-,33-,34+/m0/s1. The highest BCUT2D eigenvalue weighted by Crippen LogP contribution is 2.66. The number of hydrogen-bond donors (Lipinski definition) is 2. The minimum absolute atomic E-state index is 0.0168. The Hall–Kier alpha value is -1.39. The van der Waals surface area contributed by atoms with Crippen LogP contribution in [-0.4, -0.2) is 29.6 Å². The summed E-state index contributed by atoms with van der Waals surface area (Å²) in [6, 6.07) is 7.35. The third kappa shape index (κ3) is 4.87. The molecule has 0 bridgehead atoms.